The van der Waals surface area contributed by atoms with Crippen molar-refractivity contribution in [1.29, 1.82) is 0 Å². The van der Waals surface area contributed by atoms with Gasteiger partial charge in [-0.25, -0.2) is 0 Å². The maximum Gasteiger partial charge on any atom is 0.135 e. The van der Waals surface area contributed by atoms with Gasteiger partial charge in [0, 0.05) is 53.3 Å². The Labute approximate surface area is 364 Å². The summed E-state index contributed by atoms with van der Waals surface area (Å²) in [5.74, 6) is 0. The molecule has 0 saturated carbocycles. The van der Waals surface area contributed by atoms with E-state index in [1.54, 1.807) is 0 Å². The molecule has 1 unspecified atom stereocenters. The van der Waals surface area contributed by atoms with Gasteiger partial charge in [-0.3, -0.25) is 0 Å². The van der Waals surface area contributed by atoms with Crippen molar-refractivity contribution >= 4 is 75.6 Å². The summed E-state index contributed by atoms with van der Waals surface area (Å²) < 4.78 is 8.84. The minimum Gasteiger partial charge on any atom is -0.456 e. The highest BCUT2D eigenvalue weighted by atomic mass is 32.1. The number of furan rings is 1. The van der Waals surface area contributed by atoms with Crippen molar-refractivity contribution in [2.24, 2.45) is 0 Å². The van der Waals surface area contributed by atoms with Gasteiger partial charge in [0.05, 0.1) is 5.69 Å². The van der Waals surface area contributed by atoms with E-state index in [1.807, 2.05) is 17.4 Å². The quantitative estimate of drug-likeness (QED) is 0.159. The number of benzene rings is 9. The highest BCUT2D eigenvalue weighted by Crippen LogP contribution is 2.47. The zero-order valence-corrected chi connectivity index (χ0v) is 35.1. The molecular weight excluding hydrogens is 771 g/mol. The number of fused-ring (bicyclic) bond motifs is 7. The topological polar surface area (TPSA) is 16.4 Å². The molecule has 1 aliphatic rings. The standard InChI is InChI=1S/C59H41NOS/c1-59(42-31-32-54-51(38-42)48-22-6-9-28-53(48)61-54)35-33-43(34-36-59)60(44-20-11-19-41(37-44)46-25-14-30-56-58(46)50-23-7-10-29-55(50)62-56)52-27-8-5-21-47(52)49-26-13-18-40-17-12-24-45(57(40)49)39-15-3-2-4-16-39/h2-35,37-38H,36H2,1H3. The number of anilines is 2. The van der Waals surface area contributed by atoms with Crippen LogP contribution in [0, 0.1) is 0 Å². The minimum atomic E-state index is -0.209. The second-order valence-corrected chi connectivity index (χ2v) is 17.7. The van der Waals surface area contributed by atoms with E-state index in [0.29, 0.717) is 0 Å². The van der Waals surface area contributed by atoms with Gasteiger partial charge in [0.25, 0.3) is 0 Å². The normalized spacial score (nSPS) is 15.2. The monoisotopic (exact) mass is 811 g/mol. The molecule has 2 heterocycles. The van der Waals surface area contributed by atoms with Crippen LogP contribution in [-0.4, -0.2) is 0 Å². The van der Waals surface area contributed by atoms with Crippen LogP contribution in [0.15, 0.2) is 229 Å². The van der Waals surface area contributed by atoms with Crippen molar-refractivity contribution in [2.75, 3.05) is 4.90 Å². The first-order chi connectivity index (χ1) is 30.6. The fourth-order valence-corrected chi connectivity index (χ4v) is 10.9. The zero-order valence-electron chi connectivity index (χ0n) is 34.3. The number of allylic oxidation sites excluding steroid dienone is 3. The Kier molecular flexibility index (Phi) is 8.58. The number of nitrogens with zero attached hydrogens (tertiary/aromatic N) is 1. The van der Waals surface area contributed by atoms with Crippen LogP contribution in [0.25, 0.3) is 86.3 Å². The third-order valence-corrected chi connectivity index (χ3v) is 14.0. The number of hydrogen-bond acceptors (Lipinski definition) is 3. The van der Waals surface area contributed by atoms with Crippen molar-refractivity contribution in [3.8, 4) is 33.4 Å². The van der Waals surface area contributed by atoms with Crippen LogP contribution in [0.5, 0.6) is 0 Å². The Bertz CT molecular complexity index is 3580. The zero-order chi connectivity index (χ0) is 41.2. The maximum absolute atomic E-state index is 6.23. The van der Waals surface area contributed by atoms with Crippen LogP contribution in [0.4, 0.5) is 11.4 Å². The second-order valence-electron chi connectivity index (χ2n) is 16.6. The lowest BCUT2D eigenvalue weighted by Gasteiger charge is -2.34. The lowest BCUT2D eigenvalue weighted by molar-refractivity contribution is 0.595. The largest absolute Gasteiger partial charge is 0.456 e. The van der Waals surface area contributed by atoms with Crippen molar-refractivity contribution in [2.45, 2.75) is 18.8 Å². The smallest absolute Gasteiger partial charge is 0.135 e. The van der Waals surface area contributed by atoms with Gasteiger partial charge in [-0.15, -0.1) is 11.3 Å². The van der Waals surface area contributed by atoms with Crippen molar-refractivity contribution in [3.05, 3.63) is 230 Å². The Morgan fingerprint density at radius 2 is 1.16 bits per heavy atom. The van der Waals surface area contributed by atoms with Crippen molar-refractivity contribution in [3.63, 3.8) is 0 Å². The minimum absolute atomic E-state index is 0.209. The summed E-state index contributed by atoms with van der Waals surface area (Å²) in [6.07, 6.45) is 8.03. The summed E-state index contributed by atoms with van der Waals surface area (Å²) in [7, 11) is 0. The molecule has 0 spiro atoms. The van der Waals surface area contributed by atoms with E-state index in [1.165, 1.54) is 69.9 Å². The maximum atomic E-state index is 6.23. The lowest BCUT2D eigenvalue weighted by Crippen LogP contribution is -2.24. The molecule has 294 valence electrons. The fourth-order valence-electron chi connectivity index (χ4n) is 9.76. The molecule has 3 heteroatoms. The van der Waals surface area contributed by atoms with Crippen LogP contribution in [0.3, 0.4) is 0 Å². The molecule has 2 nitrogen and oxygen atoms in total. The van der Waals surface area contributed by atoms with Crippen molar-refractivity contribution < 1.29 is 4.42 Å². The van der Waals surface area contributed by atoms with Gasteiger partial charge in [0.15, 0.2) is 0 Å². The molecule has 1 aliphatic carbocycles. The van der Waals surface area contributed by atoms with E-state index in [0.717, 1.165) is 45.4 Å². The van der Waals surface area contributed by atoms with Gasteiger partial charge < -0.3 is 9.32 Å². The van der Waals surface area contributed by atoms with Crippen molar-refractivity contribution in [1.82, 2.24) is 0 Å². The van der Waals surface area contributed by atoms with E-state index in [-0.39, 0.29) is 5.41 Å². The van der Waals surface area contributed by atoms with Gasteiger partial charge in [-0.2, -0.15) is 0 Å². The third-order valence-electron chi connectivity index (χ3n) is 12.9. The molecule has 0 aliphatic heterocycles. The van der Waals surface area contributed by atoms with Gasteiger partial charge in [0.1, 0.15) is 11.2 Å². The Morgan fingerprint density at radius 1 is 0.500 bits per heavy atom. The molecule has 2 aromatic heterocycles. The molecule has 0 fully saturated rings. The molecule has 0 N–H and O–H groups in total. The Balaban J connectivity index is 1.03. The number of para-hydroxylation sites is 2. The molecule has 62 heavy (non-hydrogen) atoms. The number of hydrogen-bond donors (Lipinski definition) is 0. The van der Waals surface area contributed by atoms with E-state index in [9.17, 15) is 0 Å². The molecular formula is C59H41NOS. The summed E-state index contributed by atoms with van der Waals surface area (Å²) >= 11 is 1.87. The predicted molar refractivity (Wildman–Crippen MR) is 265 cm³/mol. The summed E-state index contributed by atoms with van der Waals surface area (Å²) in [4.78, 5) is 2.48. The highest BCUT2D eigenvalue weighted by molar-refractivity contribution is 7.25. The second kappa shape index (κ2) is 14.6. The molecule has 12 rings (SSSR count). The molecule has 1 atom stereocenters. The summed E-state index contributed by atoms with van der Waals surface area (Å²) in [6, 6.07) is 72.9. The number of rotatable bonds is 7. The average molecular weight is 812 g/mol. The SMILES string of the molecule is CC1(c2ccc3oc4ccccc4c3c2)C=CC(N(c2cccc(-c3cccc4sc5ccccc5c34)c2)c2ccccc2-c2cccc3cccc(-c4ccccc4)c23)=CC1. The lowest BCUT2D eigenvalue weighted by atomic mass is 9.76. The van der Waals surface area contributed by atoms with E-state index in [4.69, 9.17) is 4.42 Å². The predicted octanol–water partition coefficient (Wildman–Crippen LogP) is 17.0. The van der Waals surface area contributed by atoms with Crippen LogP contribution in [0.1, 0.15) is 18.9 Å². The summed E-state index contributed by atoms with van der Waals surface area (Å²) in [6.45, 7) is 2.35. The van der Waals surface area contributed by atoms with Crippen LogP contribution < -0.4 is 4.90 Å². The Hall–Kier alpha value is -7.46. The first kappa shape index (κ1) is 36.4. The van der Waals surface area contributed by atoms with E-state index in [2.05, 4.69) is 224 Å². The summed E-state index contributed by atoms with van der Waals surface area (Å²) in [5, 5.41) is 7.41. The molecule has 0 bridgehead atoms. The number of thiophene rings is 1. The first-order valence-corrected chi connectivity index (χ1v) is 22.2. The molecule has 9 aromatic carbocycles. The van der Waals surface area contributed by atoms with Gasteiger partial charge in [-0.05, 0) is 105 Å². The Morgan fingerprint density at radius 3 is 2.02 bits per heavy atom. The molecule has 0 amide bonds. The third kappa shape index (κ3) is 6.00. The molecule has 0 radical (unpaired) electrons. The van der Waals surface area contributed by atoms with E-state index < -0.39 is 0 Å². The van der Waals surface area contributed by atoms with Gasteiger partial charge in [-0.1, -0.05) is 171 Å². The van der Waals surface area contributed by atoms with Gasteiger partial charge >= 0.3 is 0 Å². The highest BCUT2D eigenvalue weighted by Gasteiger charge is 2.29. The van der Waals surface area contributed by atoms with Crippen LogP contribution in [-0.2, 0) is 5.41 Å². The fraction of sp³-hybridized carbons (Fsp3) is 0.0508. The van der Waals surface area contributed by atoms with Gasteiger partial charge in [0.2, 0.25) is 0 Å². The van der Waals surface area contributed by atoms with Crippen LogP contribution in [0.2, 0.25) is 0 Å². The molecule has 0 saturated heterocycles. The van der Waals surface area contributed by atoms with Crippen LogP contribution >= 0.6 is 11.3 Å². The molecule has 11 aromatic rings. The summed E-state index contributed by atoms with van der Waals surface area (Å²) in [5.41, 5.74) is 13.6. The first-order valence-electron chi connectivity index (χ1n) is 21.4. The average Bonchev–Trinajstić information content (AvgIpc) is 3.91. The van der Waals surface area contributed by atoms with E-state index >= 15 is 0 Å².